The summed E-state index contributed by atoms with van der Waals surface area (Å²) in [6.45, 7) is 5.13. The number of nitrogens with zero attached hydrogens (tertiary/aromatic N) is 2. The van der Waals surface area contributed by atoms with Gasteiger partial charge in [0.2, 0.25) is 0 Å². The van der Waals surface area contributed by atoms with Gasteiger partial charge in [0.25, 0.3) is 5.91 Å². The van der Waals surface area contributed by atoms with Gasteiger partial charge in [-0.1, -0.05) is 25.4 Å². The molecule has 1 aromatic rings. The number of halogens is 1. The maximum absolute atomic E-state index is 12.4. The Balaban J connectivity index is 2.23. The van der Waals surface area contributed by atoms with Gasteiger partial charge in [0.05, 0.1) is 5.56 Å². The van der Waals surface area contributed by atoms with Gasteiger partial charge >= 0.3 is 0 Å². The first-order valence-corrected chi connectivity index (χ1v) is 6.40. The van der Waals surface area contributed by atoms with Crippen LogP contribution in [-0.4, -0.2) is 28.4 Å². The fourth-order valence-electron chi connectivity index (χ4n) is 2.44. The Bertz CT molecular complexity index is 420. The molecule has 3 nitrogen and oxygen atoms in total. The molecule has 1 aliphatic heterocycles. The number of hydrogen-bond acceptors (Lipinski definition) is 2. The van der Waals surface area contributed by atoms with Crippen molar-refractivity contribution in [1.82, 2.24) is 9.88 Å². The highest BCUT2D eigenvalue weighted by atomic mass is 35.5. The minimum atomic E-state index is 0.0132. The van der Waals surface area contributed by atoms with E-state index in [1.807, 2.05) is 4.90 Å². The lowest BCUT2D eigenvalue weighted by Crippen LogP contribution is -2.38. The van der Waals surface area contributed by atoms with Crippen LogP contribution in [0.25, 0.3) is 0 Å². The van der Waals surface area contributed by atoms with Gasteiger partial charge in [-0.15, -0.1) is 0 Å². The van der Waals surface area contributed by atoms with E-state index in [2.05, 4.69) is 18.8 Å². The Labute approximate surface area is 107 Å². The molecule has 1 saturated heterocycles. The first-order valence-electron chi connectivity index (χ1n) is 6.02. The monoisotopic (exact) mass is 252 g/mol. The summed E-state index contributed by atoms with van der Waals surface area (Å²) in [6.07, 6.45) is 3.76. The number of carbonyl (C=O) groups excluding carboxylic acids is 1. The van der Waals surface area contributed by atoms with Crippen molar-refractivity contribution in [2.24, 2.45) is 5.92 Å². The largest absolute Gasteiger partial charge is 0.335 e. The molecule has 0 saturated carbocycles. The number of amides is 1. The molecule has 1 fully saturated rings. The molecular weight excluding hydrogens is 236 g/mol. The molecule has 4 heteroatoms. The number of pyridine rings is 1. The molecule has 2 rings (SSSR count). The summed E-state index contributed by atoms with van der Waals surface area (Å²) in [6, 6.07) is 3.83. The smallest absolute Gasteiger partial charge is 0.257 e. The number of aromatic nitrogens is 1. The molecule has 0 aliphatic carbocycles. The first kappa shape index (κ1) is 12.4. The molecule has 17 heavy (non-hydrogen) atoms. The molecule has 1 aliphatic rings. The van der Waals surface area contributed by atoms with Crippen LogP contribution in [0.15, 0.2) is 18.3 Å². The molecule has 1 aromatic heterocycles. The normalized spacial score (nSPS) is 20.0. The Morgan fingerprint density at radius 3 is 3.00 bits per heavy atom. The third-order valence-electron chi connectivity index (χ3n) is 3.32. The van der Waals surface area contributed by atoms with Gasteiger partial charge in [0.15, 0.2) is 0 Å². The van der Waals surface area contributed by atoms with Crippen LogP contribution in [0, 0.1) is 5.92 Å². The SMILES string of the molecule is CC(C)C1CCCN1C(=O)c1cccnc1Cl. The van der Waals surface area contributed by atoms with Gasteiger partial charge in [-0.3, -0.25) is 4.79 Å². The average molecular weight is 253 g/mol. The van der Waals surface area contributed by atoms with Crippen molar-refractivity contribution < 1.29 is 4.79 Å². The highest BCUT2D eigenvalue weighted by molar-refractivity contribution is 6.32. The molecule has 1 atom stereocenters. The molecule has 2 heterocycles. The summed E-state index contributed by atoms with van der Waals surface area (Å²) >= 11 is 5.97. The van der Waals surface area contributed by atoms with E-state index in [4.69, 9.17) is 11.6 Å². The van der Waals surface area contributed by atoms with Crippen molar-refractivity contribution >= 4 is 17.5 Å². The third kappa shape index (κ3) is 2.44. The summed E-state index contributed by atoms with van der Waals surface area (Å²) in [5.41, 5.74) is 0.515. The molecule has 92 valence electrons. The molecule has 0 spiro atoms. The van der Waals surface area contributed by atoms with Gasteiger partial charge in [-0.2, -0.15) is 0 Å². The van der Waals surface area contributed by atoms with Crippen molar-refractivity contribution in [2.75, 3.05) is 6.54 Å². The van der Waals surface area contributed by atoms with Crippen molar-refractivity contribution in [2.45, 2.75) is 32.7 Å². The fourth-order valence-corrected chi connectivity index (χ4v) is 2.64. The van der Waals surface area contributed by atoms with E-state index < -0.39 is 0 Å². The second kappa shape index (κ2) is 5.05. The van der Waals surface area contributed by atoms with Gasteiger partial charge < -0.3 is 4.90 Å². The molecule has 1 amide bonds. The third-order valence-corrected chi connectivity index (χ3v) is 3.62. The summed E-state index contributed by atoms with van der Waals surface area (Å²) < 4.78 is 0. The van der Waals surface area contributed by atoms with E-state index >= 15 is 0 Å². The zero-order chi connectivity index (χ0) is 12.4. The van der Waals surface area contributed by atoms with Crippen LogP contribution >= 0.6 is 11.6 Å². The summed E-state index contributed by atoms with van der Waals surface area (Å²) in [4.78, 5) is 18.3. The molecule has 0 aromatic carbocycles. The maximum atomic E-state index is 12.4. The standard InChI is InChI=1S/C13H17ClN2O/c1-9(2)11-6-4-8-16(11)13(17)10-5-3-7-15-12(10)14/h3,5,7,9,11H,4,6,8H2,1-2H3. The van der Waals surface area contributed by atoms with Crippen molar-refractivity contribution in [3.05, 3.63) is 29.0 Å². The minimum Gasteiger partial charge on any atom is -0.335 e. The molecular formula is C13H17ClN2O. The Morgan fingerprint density at radius 2 is 2.35 bits per heavy atom. The lowest BCUT2D eigenvalue weighted by molar-refractivity contribution is 0.0701. The Morgan fingerprint density at radius 1 is 1.59 bits per heavy atom. The molecule has 0 radical (unpaired) electrons. The molecule has 1 unspecified atom stereocenters. The molecule has 0 N–H and O–H groups in total. The number of carbonyl (C=O) groups is 1. The van der Waals surface area contributed by atoms with Gasteiger partial charge in [0.1, 0.15) is 5.15 Å². The van der Waals surface area contributed by atoms with E-state index in [1.165, 1.54) is 0 Å². The van der Waals surface area contributed by atoms with Crippen LogP contribution in [0.3, 0.4) is 0 Å². The van der Waals surface area contributed by atoms with Crippen LogP contribution in [0.1, 0.15) is 37.0 Å². The van der Waals surface area contributed by atoms with E-state index in [0.717, 1.165) is 19.4 Å². The second-order valence-electron chi connectivity index (χ2n) is 4.79. The zero-order valence-corrected chi connectivity index (χ0v) is 10.9. The van der Waals surface area contributed by atoms with E-state index in [0.29, 0.717) is 22.7 Å². The lowest BCUT2D eigenvalue weighted by Gasteiger charge is -2.27. The van der Waals surface area contributed by atoms with Crippen LogP contribution < -0.4 is 0 Å². The number of hydrogen-bond donors (Lipinski definition) is 0. The average Bonchev–Trinajstić information content (AvgIpc) is 2.77. The summed E-state index contributed by atoms with van der Waals surface area (Å²) in [7, 11) is 0. The van der Waals surface area contributed by atoms with E-state index in [-0.39, 0.29) is 5.91 Å². The lowest BCUT2D eigenvalue weighted by atomic mass is 10.0. The Hall–Kier alpha value is -1.09. The quantitative estimate of drug-likeness (QED) is 0.758. The minimum absolute atomic E-state index is 0.0132. The van der Waals surface area contributed by atoms with E-state index in [1.54, 1.807) is 18.3 Å². The van der Waals surface area contributed by atoms with Gasteiger partial charge in [-0.05, 0) is 30.9 Å². The summed E-state index contributed by atoms with van der Waals surface area (Å²) in [5.74, 6) is 0.496. The zero-order valence-electron chi connectivity index (χ0n) is 10.2. The summed E-state index contributed by atoms with van der Waals surface area (Å²) in [5, 5.41) is 0.298. The van der Waals surface area contributed by atoms with Gasteiger partial charge in [-0.25, -0.2) is 4.98 Å². The first-order chi connectivity index (χ1) is 8.11. The highest BCUT2D eigenvalue weighted by Gasteiger charge is 2.32. The van der Waals surface area contributed by atoms with Crippen molar-refractivity contribution in [3.8, 4) is 0 Å². The highest BCUT2D eigenvalue weighted by Crippen LogP contribution is 2.26. The predicted molar refractivity (Wildman–Crippen MR) is 68.1 cm³/mol. The van der Waals surface area contributed by atoms with Crippen molar-refractivity contribution in [3.63, 3.8) is 0 Å². The fraction of sp³-hybridized carbons (Fsp3) is 0.538. The number of likely N-dealkylation sites (tertiary alicyclic amines) is 1. The topological polar surface area (TPSA) is 33.2 Å². The van der Waals surface area contributed by atoms with Crippen molar-refractivity contribution in [1.29, 1.82) is 0 Å². The van der Waals surface area contributed by atoms with E-state index in [9.17, 15) is 4.79 Å². The molecule has 0 bridgehead atoms. The number of rotatable bonds is 2. The van der Waals surface area contributed by atoms with Crippen LogP contribution in [0.4, 0.5) is 0 Å². The van der Waals surface area contributed by atoms with Crippen LogP contribution in [0.2, 0.25) is 5.15 Å². The predicted octanol–water partition coefficient (Wildman–Crippen LogP) is 3.00. The maximum Gasteiger partial charge on any atom is 0.257 e. The Kier molecular flexibility index (Phi) is 3.67. The van der Waals surface area contributed by atoms with Gasteiger partial charge in [0, 0.05) is 18.8 Å². The van der Waals surface area contributed by atoms with Crippen LogP contribution in [0.5, 0.6) is 0 Å². The van der Waals surface area contributed by atoms with Crippen LogP contribution in [-0.2, 0) is 0 Å². The second-order valence-corrected chi connectivity index (χ2v) is 5.15.